The Balaban J connectivity index is 2.01. The highest BCUT2D eigenvalue weighted by atomic mass is 32.1. The summed E-state index contributed by atoms with van der Waals surface area (Å²) in [5, 5.41) is 2.92. The van der Waals surface area contributed by atoms with Gasteiger partial charge in [0.25, 0.3) is 11.8 Å². The lowest BCUT2D eigenvalue weighted by atomic mass is 10.1. The van der Waals surface area contributed by atoms with Crippen LogP contribution in [0.25, 0.3) is 11.8 Å². The summed E-state index contributed by atoms with van der Waals surface area (Å²) in [5.74, 6) is -0.957. The van der Waals surface area contributed by atoms with Gasteiger partial charge in [-0.1, -0.05) is 0 Å². The van der Waals surface area contributed by atoms with Gasteiger partial charge >= 0.3 is 0 Å². The molecule has 0 unspecified atom stereocenters. The molecule has 150 valence electrons. The summed E-state index contributed by atoms with van der Waals surface area (Å²) in [5.41, 5.74) is 4.32. The van der Waals surface area contributed by atoms with E-state index in [0.29, 0.717) is 5.69 Å². The van der Waals surface area contributed by atoms with E-state index in [2.05, 4.69) is 5.32 Å². The molecule has 0 spiro atoms. The molecule has 1 aliphatic rings. The highest BCUT2D eigenvalue weighted by Crippen LogP contribution is 2.25. The lowest BCUT2D eigenvalue weighted by Crippen LogP contribution is -2.52. The maximum Gasteiger partial charge on any atom is 0.265 e. The van der Waals surface area contributed by atoms with Gasteiger partial charge in [0.15, 0.2) is 5.11 Å². The van der Waals surface area contributed by atoms with E-state index in [-0.39, 0.29) is 16.6 Å². The van der Waals surface area contributed by atoms with Gasteiger partial charge < -0.3 is 9.88 Å². The number of anilines is 1. The van der Waals surface area contributed by atoms with Gasteiger partial charge in [0.2, 0.25) is 5.91 Å². The van der Waals surface area contributed by atoms with Crippen molar-refractivity contribution in [1.29, 1.82) is 0 Å². The average molecular weight is 410 g/mol. The molecule has 3 rings (SSSR count). The predicted molar refractivity (Wildman–Crippen MR) is 116 cm³/mol. The Hall–Kier alpha value is -3.26. The van der Waals surface area contributed by atoms with Crippen molar-refractivity contribution in [3.05, 3.63) is 52.9 Å². The van der Waals surface area contributed by atoms with Crippen LogP contribution in [0.3, 0.4) is 0 Å². The molecule has 0 atom stereocenters. The van der Waals surface area contributed by atoms with Crippen molar-refractivity contribution in [2.24, 2.45) is 0 Å². The summed E-state index contributed by atoms with van der Waals surface area (Å²) >= 11 is 5.13. The molecule has 8 heteroatoms. The fourth-order valence-corrected chi connectivity index (χ4v) is 3.52. The largest absolute Gasteiger partial charge is 0.326 e. The van der Waals surface area contributed by atoms with Crippen LogP contribution in [0.15, 0.2) is 35.9 Å². The van der Waals surface area contributed by atoms with Gasteiger partial charge in [-0.05, 0) is 68.0 Å². The maximum atomic E-state index is 12.6. The molecule has 0 radical (unpaired) electrons. The average Bonchev–Trinajstić information content (AvgIpc) is 2.95. The van der Waals surface area contributed by atoms with E-state index in [1.165, 1.54) is 16.7 Å². The Bertz CT molecular complexity index is 1040. The third-order valence-corrected chi connectivity index (χ3v) is 5.41. The van der Waals surface area contributed by atoms with Crippen molar-refractivity contribution < 1.29 is 14.4 Å². The first-order valence-corrected chi connectivity index (χ1v) is 9.41. The first-order chi connectivity index (χ1) is 13.6. The minimum atomic E-state index is -0.414. The fraction of sp³-hybridized carbons (Fsp3) is 0.238. The molecule has 2 heterocycles. The number of benzene rings is 1. The number of rotatable bonds is 3. The second-order valence-corrected chi connectivity index (χ2v) is 7.32. The zero-order valence-electron chi connectivity index (χ0n) is 16.9. The van der Waals surface area contributed by atoms with Gasteiger partial charge in [-0.25, -0.2) is 0 Å². The van der Waals surface area contributed by atoms with Crippen LogP contribution in [0, 0.1) is 13.8 Å². The Morgan fingerprint density at radius 2 is 1.59 bits per heavy atom. The smallest absolute Gasteiger partial charge is 0.265 e. The fourth-order valence-electron chi connectivity index (χ4n) is 3.36. The quantitative estimate of drug-likeness (QED) is 0.480. The number of thiocarbonyl (C=S) groups is 1. The van der Waals surface area contributed by atoms with Gasteiger partial charge in [-0.2, -0.15) is 0 Å². The SMILES string of the molecule is CC(=O)Nc1ccc(-n2c(C)cc(C=C3C(=O)N(C)C(=S)N(C)C3=O)c2C)cc1. The van der Waals surface area contributed by atoms with E-state index in [1.807, 2.05) is 48.7 Å². The van der Waals surface area contributed by atoms with Gasteiger partial charge in [0.1, 0.15) is 5.57 Å². The van der Waals surface area contributed by atoms with Crippen LogP contribution >= 0.6 is 12.2 Å². The number of nitrogens with one attached hydrogen (secondary N) is 1. The molecule has 1 aromatic carbocycles. The summed E-state index contributed by atoms with van der Waals surface area (Å²) in [6.07, 6.45) is 1.62. The van der Waals surface area contributed by atoms with Crippen molar-refractivity contribution in [1.82, 2.24) is 14.4 Å². The summed E-state index contributed by atoms with van der Waals surface area (Å²) in [4.78, 5) is 38.9. The van der Waals surface area contributed by atoms with Gasteiger partial charge in [-0.3, -0.25) is 24.2 Å². The van der Waals surface area contributed by atoms with Crippen molar-refractivity contribution in [2.75, 3.05) is 19.4 Å². The van der Waals surface area contributed by atoms with Gasteiger partial charge in [0, 0.05) is 43.8 Å². The number of amides is 3. The molecule has 7 nitrogen and oxygen atoms in total. The standard InChI is InChI=1S/C21H22N4O3S/c1-12-10-15(11-18-19(27)23(4)21(29)24(5)20(18)28)13(2)25(12)17-8-6-16(7-9-17)22-14(3)26/h6-11H,1-5H3,(H,22,26). The predicted octanol–water partition coefficient (Wildman–Crippen LogP) is 2.65. The van der Waals surface area contributed by atoms with E-state index in [9.17, 15) is 14.4 Å². The van der Waals surface area contributed by atoms with Gasteiger partial charge in [0.05, 0.1) is 0 Å². The number of aromatic nitrogens is 1. The molecular formula is C21H22N4O3S. The number of likely N-dealkylation sites (N-methyl/N-ethyl adjacent to an activating group) is 2. The Kier molecular flexibility index (Phi) is 5.39. The van der Waals surface area contributed by atoms with Crippen LogP contribution in [0.4, 0.5) is 5.69 Å². The lowest BCUT2D eigenvalue weighted by molar-refractivity contribution is -0.132. The van der Waals surface area contributed by atoms with Crippen LogP contribution in [-0.4, -0.2) is 51.3 Å². The zero-order chi connectivity index (χ0) is 21.5. The van der Waals surface area contributed by atoms with E-state index < -0.39 is 11.8 Å². The Morgan fingerprint density at radius 3 is 2.10 bits per heavy atom. The molecule has 1 N–H and O–H groups in total. The summed E-state index contributed by atoms with van der Waals surface area (Å²) < 4.78 is 2.03. The molecule has 1 fully saturated rings. The number of carbonyl (C=O) groups is 3. The minimum Gasteiger partial charge on any atom is -0.326 e. The minimum absolute atomic E-state index is 0.0739. The van der Waals surface area contributed by atoms with Crippen molar-refractivity contribution in [2.45, 2.75) is 20.8 Å². The molecule has 0 aliphatic carbocycles. The van der Waals surface area contributed by atoms with E-state index in [4.69, 9.17) is 12.2 Å². The second-order valence-electron chi connectivity index (χ2n) is 6.96. The van der Waals surface area contributed by atoms with Crippen LogP contribution in [0.2, 0.25) is 0 Å². The second kappa shape index (κ2) is 7.63. The zero-order valence-corrected chi connectivity index (χ0v) is 17.8. The molecule has 1 aliphatic heterocycles. The van der Waals surface area contributed by atoms with E-state index in [1.54, 1.807) is 20.2 Å². The normalized spacial score (nSPS) is 14.5. The molecule has 3 amide bonds. The Morgan fingerprint density at radius 1 is 1.03 bits per heavy atom. The maximum absolute atomic E-state index is 12.6. The molecule has 0 saturated carbocycles. The van der Waals surface area contributed by atoms with Crippen LogP contribution in [-0.2, 0) is 14.4 Å². The van der Waals surface area contributed by atoms with Crippen molar-refractivity contribution >= 4 is 46.8 Å². The number of nitrogens with zero attached hydrogens (tertiary/aromatic N) is 3. The molecule has 2 aromatic rings. The summed E-state index contributed by atoms with van der Waals surface area (Å²) in [6.45, 7) is 5.34. The third-order valence-electron chi connectivity index (χ3n) is 4.86. The third kappa shape index (κ3) is 3.71. The lowest BCUT2D eigenvalue weighted by Gasteiger charge is -2.31. The molecule has 1 aromatic heterocycles. The Labute approximate surface area is 174 Å². The van der Waals surface area contributed by atoms with E-state index in [0.717, 1.165) is 22.6 Å². The van der Waals surface area contributed by atoms with Crippen LogP contribution in [0.5, 0.6) is 0 Å². The topological polar surface area (TPSA) is 74.7 Å². The molecular weight excluding hydrogens is 388 g/mol. The number of hydrogen-bond donors (Lipinski definition) is 1. The summed E-state index contributed by atoms with van der Waals surface area (Å²) in [6, 6.07) is 9.38. The van der Waals surface area contributed by atoms with Crippen molar-refractivity contribution in [3.63, 3.8) is 0 Å². The molecule has 29 heavy (non-hydrogen) atoms. The first-order valence-electron chi connectivity index (χ1n) is 9.00. The van der Waals surface area contributed by atoms with Crippen LogP contribution in [0.1, 0.15) is 23.9 Å². The highest BCUT2D eigenvalue weighted by Gasteiger charge is 2.35. The monoisotopic (exact) mass is 410 g/mol. The van der Waals surface area contributed by atoms with Crippen LogP contribution < -0.4 is 5.32 Å². The summed E-state index contributed by atoms with van der Waals surface area (Å²) in [7, 11) is 3.11. The van der Waals surface area contributed by atoms with Crippen molar-refractivity contribution in [3.8, 4) is 5.69 Å². The van der Waals surface area contributed by atoms with Gasteiger partial charge in [-0.15, -0.1) is 0 Å². The first kappa shape index (κ1) is 20.5. The number of carbonyl (C=O) groups excluding carboxylic acids is 3. The highest BCUT2D eigenvalue weighted by molar-refractivity contribution is 7.80. The molecule has 0 bridgehead atoms. The number of aryl methyl sites for hydroxylation is 1. The van der Waals surface area contributed by atoms with E-state index >= 15 is 0 Å². The molecule has 1 saturated heterocycles. The number of hydrogen-bond acceptors (Lipinski definition) is 4.